The van der Waals surface area contributed by atoms with Crippen LogP contribution in [0, 0.1) is 0 Å². The third kappa shape index (κ3) is 4.28. The summed E-state index contributed by atoms with van der Waals surface area (Å²) in [6.45, 7) is 6.84. The molecule has 1 aromatic heterocycles. The number of nitrogens with one attached hydrogen (secondary N) is 2. The Kier molecular flexibility index (Phi) is 6.55. The zero-order valence-corrected chi connectivity index (χ0v) is 16.7. The number of rotatable bonds is 8. The third-order valence-electron chi connectivity index (χ3n) is 4.76. The zero-order chi connectivity index (χ0) is 19.9. The van der Waals surface area contributed by atoms with Gasteiger partial charge in [0.25, 0.3) is 0 Å². The van der Waals surface area contributed by atoms with Crippen molar-refractivity contribution in [2.45, 2.75) is 46.6 Å². The fraction of sp³-hybridized carbons (Fsp3) is 0.318. The standard InChI is InChI=1S/C22H27N5O/c1-4-17-13-10-14-19(18(17)5-2)27-20(6-3)24-21(25-22(27)28)26-23-15-16-11-8-7-9-12-16/h7-14,23H,4-6,15H2,1-3H3,(H,25,26,28). The Morgan fingerprint density at radius 1 is 0.893 bits per heavy atom. The van der Waals surface area contributed by atoms with Gasteiger partial charge in [0.05, 0.1) is 5.69 Å². The van der Waals surface area contributed by atoms with Gasteiger partial charge >= 0.3 is 5.69 Å². The molecule has 0 saturated carbocycles. The van der Waals surface area contributed by atoms with Crippen molar-refractivity contribution in [1.29, 1.82) is 0 Å². The highest BCUT2D eigenvalue weighted by molar-refractivity contribution is 5.47. The smallest absolute Gasteiger partial charge is 0.289 e. The predicted molar refractivity (Wildman–Crippen MR) is 113 cm³/mol. The summed E-state index contributed by atoms with van der Waals surface area (Å²) in [6, 6.07) is 16.1. The van der Waals surface area contributed by atoms with E-state index in [0.29, 0.717) is 24.7 Å². The maximum Gasteiger partial charge on any atom is 0.356 e. The summed E-state index contributed by atoms with van der Waals surface area (Å²) in [7, 11) is 0. The maximum absolute atomic E-state index is 12.9. The van der Waals surface area contributed by atoms with E-state index in [-0.39, 0.29) is 5.69 Å². The summed E-state index contributed by atoms with van der Waals surface area (Å²) < 4.78 is 1.64. The first-order chi connectivity index (χ1) is 13.7. The molecule has 0 radical (unpaired) electrons. The highest BCUT2D eigenvalue weighted by Crippen LogP contribution is 2.20. The second kappa shape index (κ2) is 9.28. The normalized spacial score (nSPS) is 10.8. The lowest BCUT2D eigenvalue weighted by molar-refractivity contribution is 0.731. The van der Waals surface area contributed by atoms with Crippen LogP contribution in [0.15, 0.2) is 53.3 Å². The van der Waals surface area contributed by atoms with Gasteiger partial charge in [-0.1, -0.05) is 63.2 Å². The molecule has 0 saturated heterocycles. The van der Waals surface area contributed by atoms with Gasteiger partial charge in [-0.05, 0) is 35.6 Å². The van der Waals surface area contributed by atoms with Crippen LogP contribution in [0.2, 0.25) is 0 Å². The molecule has 2 N–H and O–H groups in total. The minimum absolute atomic E-state index is 0.290. The van der Waals surface area contributed by atoms with Crippen molar-refractivity contribution >= 4 is 5.95 Å². The van der Waals surface area contributed by atoms with Crippen LogP contribution in [-0.2, 0) is 25.8 Å². The second-order valence-electron chi connectivity index (χ2n) is 6.52. The number of hydrazine groups is 1. The molecule has 6 nitrogen and oxygen atoms in total. The lowest BCUT2D eigenvalue weighted by Gasteiger charge is -2.17. The average molecular weight is 377 g/mol. The summed E-state index contributed by atoms with van der Waals surface area (Å²) in [6.07, 6.45) is 2.41. The lowest BCUT2D eigenvalue weighted by Crippen LogP contribution is -2.31. The highest BCUT2D eigenvalue weighted by Gasteiger charge is 2.15. The van der Waals surface area contributed by atoms with E-state index in [9.17, 15) is 4.79 Å². The fourth-order valence-electron chi connectivity index (χ4n) is 3.37. The van der Waals surface area contributed by atoms with Crippen LogP contribution in [0.3, 0.4) is 0 Å². The van der Waals surface area contributed by atoms with Gasteiger partial charge in [-0.15, -0.1) is 0 Å². The number of benzene rings is 2. The van der Waals surface area contributed by atoms with Crippen molar-refractivity contribution < 1.29 is 0 Å². The molecule has 3 aromatic rings. The van der Waals surface area contributed by atoms with Crippen molar-refractivity contribution in [3.8, 4) is 5.69 Å². The molecule has 0 aliphatic carbocycles. The first kappa shape index (κ1) is 19.8. The SMILES string of the molecule is CCc1cccc(-n2c(CC)nc(NNCc3ccccc3)nc2=O)c1CC. The zero-order valence-electron chi connectivity index (χ0n) is 16.7. The molecule has 0 fully saturated rings. The fourth-order valence-corrected chi connectivity index (χ4v) is 3.37. The highest BCUT2D eigenvalue weighted by atomic mass is 16.1. The molecule has 0 unspecified atom stereocenters. The van der Waals surface area contributed by atoms with E-state index >= 15 is 0 Å². The molecule has 1 heterocycles. The van der Waals surface area contributed by atoms with Gasteiger partial charge < -0.3 is 0 Å². The summed E-state index contributed by atoms with van der Waals surface area (Å²) in [5.41, 5.74) is 10.1. The molecule has 0 spiro atoms. The van der Waals surface area contributed by atoms with E-state index in [1.807, 2.05) is 49.4 Å². The van der Waals surface area contributed by atoms with Crippen LogP contribution in [0.4, 0.5) is 5.95 Å². The molecule has 0 amide bonds. The van der Waals surface area contributed by atoms with Gasteiger partial charge in [-0.2, -0.15) is 9.97 Å². The average Bonchev–Trinajstić information content (AvgIpc) is 2.73. The Morgan fingerprint density at radius 2 is 1.68 bits per heavy atom. The summed E-state index contributed by atoms with van der Waals surface area (Å²) in [4.78, 5) is 21.6. The minimum atomic E-state index is -0.321. The maximum atomic E-state index is 12.9. The van der Waals surface area contributed by atoms with Crippen LogP contribution in [0.1, 0.15) is 43.3 Å². The van der Waals surface area contributed by atoms with E-state index in [1.54, 1.807) is 4.57 Å². The number of hydrogen-bond donors (Lipinski definition) is 2. The van der Waals surface area contributed by atoms with Crippen molar-refractivity contribution in [3.63, 3.8) is 0 Å². The Balaban J connectivity index is 1.90. The first-order valence-corrected chi connectivity index (χ1v) is 9.81. The van der Waals surface area contributed by atoms with Crippen LogP contribution in [0.25, 0.3) is 5.69 Å². The quantitative estimate of drug-likeness (QED) is 0.589. The summed E-state index contributed by atoms with van der Waals surface area (Å²) >= 11 is 0. The molecular formula is C22H27N5O. The Labute approximate surface area is 165 Å². The van der Waals surface area contributed by atoms with Crippen molar-refractivity contribution in [2.75, 3.05) is 5.43 Å². The molecule has 6 heteroatoms. The Bertz CT molecular complexity index is 982. The second-order valence-corrected chi connectivity index (χ2v) is 6.52. The molecule has 146 valence electrons. The molecule has 0 aliphatic rings. The molecule has 3 rings (SSSR count). The van der Waals surface area contributed by atoms with E-state index in [2.05, 4.69) is 40.7 Å². The van der Waals surface area contributed by atoms with Gasteiger partial charge in [0.2, 0.25) is 5.95 Å². The molecule has 0 bridgehead atoms. The Hall–Kier alpha value is -2.99. The van der Waals surface area contributed by atoms with Crippen molar-refractivity contribution in [2.24, 2.45) is 0 Å². The van der Waals surface area contributed by atoms with Crippen molar-refractivity contribution in [1.82, 2.24) is 20.0 Å². The first-order valence-electron chi connectivity index (χ1n) is 9.81. The summed E-state index contributed by atoms with van der Waals surface area (Å²) in [5.74, 6) is 0.977. The van der Waals surface area contributed by atoms with Crippen LogP contribution < -0.4 is 16.5 Å². The molecule has 0 aliphatic heterocycles. The van der Waals surface area contributed by atoms with E-state index < -0.39 is 0 Å². The van der Waals surface area contributed by atoms with Gasteiger partial charge in [0, 0.05) is 13.0 Å². The van der Waals surface area contributed by atoms with E-state index in [0.717, 1.165) is 24.1 Å². The number of anilines is 1. The van der Waals surface area contributed by atoms with E-state index in [1.165, 1.54) is 11.1 Å². The predicted octanol–water partition coefficient (Wildman–Crippen LogP) is 3.43. The minimum Gasteiger partial charge on any atom is -0.289 e. The Morgan fingerprint density at radius 3 is 2.36 bits per heavy atom. The van der Waals surface area contributed by atoms with Crippen LogP contribution >= 0.6 is 0 Å². The molecule has 2 aromatic carbocycles. The van der Waals surface area contributed by atoms with Crippen molar-refractivity contribution in [3.05, 3.63) is 81.5 Å². The number of aryl methyl sites for hydroxylation is 2. The number of hydrogen-bond acceptors (Lipinski definition) is 5. The number of aromatic nitrogens is 3. The van der Waals surface area contributed by atoms with Gasteiger partial charge in [0.15, 0.2) is 0 Å². The van der Waals surface area contributed by atoms with E-state index in [4.69, 9.17) is 0 Å². The molecule has 28 heavy (non-hydrogen) atoms. The topological polar surface area (TPSA) is 71.8 Å². The van der Waals surface area contributed by atoms with Crippen LogP contribution in [-0.4, -0.2) is 14.5 Å². The van der Waals surface area contributed by atoms with Gasteiger partial charge in [0.1, 0.15) is 5.82 Å². The largest absolute Gasteiger partial charge is 0.356 e. The van der Waals surface area contributed by atoms with Gasteiger partial charge in [-0.3, -0.25) is 5.43 Å². The monoisotopic (exact) mass is 377 g/mol. The third-order valence-corrected chi connectivity index (χ3v) is 4.76. The summed E-state index contributed by atoms with van der Waals surface area (Å²) in [5, 5.41) is 0. The van der Waals surface area contributed by atoms with Crippen LogP contribution in [0.5, 0.6) is 0 Å². The van der Waals surface area contributed by atoms with Gasteiger partial charge in [-0.25, -0.2) is 14.8 Å². The lowest BCUT2D eigenvalue weighted by atomic mass is 10.0. The molecular weight excluding hydrogens is 350 g/mol. The molecule has 0 atom stereocenters. The number of nitrogens with zero attached hydrogens (tertiary/aromatic N) is 3.